The van der Waals surface area contributed by atoms with Crippen LogP contribution in [0.1, 0.15) is 57.3 Å². The van der Waals surface area contributed by atoms with Crippen LogP contribution >= 0.6 is 0 Å². The molecule has 4 heteroatoms. The molecule has 0 aliphatic heterocycles. The highest BCUT2D eigenvalue weighted by Crippen LogP contribution is 2.29. The Balaban J connectivity index is 2.28. The van der Waals surface area contributed by atoms with Gasteiger partial charge in [0.25, 0.3) is 0 Å². The largest absolute Gasteiger partial charge is 0.508 e. The maximum Gasteiger partial charge on any atom is 0.338 e. The molecular weight excluding hydrogens is 328 g/mol. The van der Waals surface area contributed by atoms with Crippen molar-refractivity contribution in [3.05, 3.63) is 53.6 Å². The first-order chi connectivity index (χ1) is 12.2. The van der Waals surface area contributed by atoms with Gasteiger partial charge in [0.2, 0.25) is 0 Å². The molecule has 1 aromatic carbocycles. The van der Waals surface area contributed by atoms with Crippen molar-refractivity contribution in [1.82, 2.24) is 0 Å². The van der Waals surface area contributed by atoms with Crippen LogP contribution in [0.2, 0.25) is 0 Å². The van der Waals surface area contributed by atoms with E-state index in [2.05, 4.69) is 19.9 Å². The van der Waals surface area contributed by atoms with Crippen LogP contribution in [-0.2, 0) is 4.74 Å². The van der Waals surface area contributed by atoms with Crippen LogP contribution in [0.4, 0.5) is 0 Å². The number of benzene rings is 1. The highest BCUT2D eigenvalue weighted by molar-refractivity contribution is 5.89. The number of aliphatic hydroxyl groups is 1. The molecule has 0 saturated carbocycles. The molecule has 0 bridgehead atoms. The van der Waals surface area contributed by atoms with Crippen LogP contribution in [0.3, 0.4) is 0 Å². The lowest BCUT2D eigenvalue weighted by atomic mass is 9.83. The Morgan fingerprint density at radius 1 is 1.27 bits per heavy atom. The van der Waals surface area contributed by atoms with E-state index in [4.69, 9.17) is 4.74 Å². The van der Waals surface area contributed by atoms with E-state index in [1.165, 1.54) is 12.1 Å². The van der Waals surface area contributed by atoms with Crippen molar-refractivity contribution in [2.75, 3.05) is 0 Å². The van der Waals surface area contributed by atoms with Crippen molar-refractivity contribution in [2.45, 2.75) is 58.7 Å². The highest BCUT2D eigenvalue weighted by atomic mass is 16.5. The maximum absolute atomic E-state index is 12.6. The molecule has 2 N–H and O–H groups in total. The van der Waals surface area contributed by atoms with Crippen LogP contribution in [0, 0.1) is 11.8 Å². The van der Waals surface area contributed by atoms with Gasteiger partial charge >= 0.3 is 5.97 Å². The molecule has 0 spiro atoms. The van der Waals surface area contributed by atoms with E-state index in [1.807, 2.05) is 26.0 Å². The third kappa shape index (κ3) is 5.73. The molecule has 0 radical (unpaired) electrons. The number of aromatic hydroxyl groups is 1. The van der Waals surface area contributed by atoms with Crippen molar-refractivity contribution in [3.8, 4) is 5.75 Å². The number of carbonyl (C=O) groups is 1. The van der Waals surface area contributed by atoms with Gasteiger partial charge in [-0.25, -0.2) is 4.79 Å². The van der Waals surface area contributed by atoms with Gasteiger partial charge in [-0.15, -0.1) is 0 Å². The Labute approximate surface area is 156 Å². The van der Waals surface area contributed by atoms with Gasteiger partial charge < -0.3 is 14.9 Å². The predicted molar refractivity (Wildman–Crippen MR) is 103 cm³/mol. The maximum atomic E-state index is 12.6. The van der Waals surface area contributed by atoms with Gasteiger partial charge in [-0.05, 0) is 56.9 Å². The summed E-state index contributed by atoms with van der Waals surface area (Å²) in [5.41, 5.74) is 0.706. The number of ether oxygens (including phenoxy) is 1. The first kappa shape index (κ1) is 20.2. The SMILES string of the molecule is C/C1=C/CC[C@](C)(O)/C=C\[C@H](C(C)C)[C@@H](OC(=O)c2ccc(O)cc2)C1. The summed E-state index contributed by atoms with van der Waals surface area (Å²) >= 11 is 0. The van der Waals surface area contributed by atoms with Gasteiger partial charge in [0.1, 0.15) is 11.9 Å². The van der Waals surface area contributed by atoms with Gasteiger partial charge in [0.15, 0.2) is 0 Å². The molecule has 0 fully saturated rings. The van der Waals surface area contributed by atoms with Crippen LogP contribution in [0.15, 0.2) is 48.1 Å². The quantitative estimate of drug-likeness (QED) is 0.611. The van der Waals surface area contributed by atoms with Crippen molar-refractivity contribution < 1.29 is 19.7 Å². The molecular formula is C22H30O4. The molecule has 0 heterocycles. The van der Waals surface area contributed by atoms with Crippen LogP contribution in [-0.4, -0.2) is 27.9 Å². The second kappa shape index (κ2) is 8.54. The summed E-state index contributed by atoms with van der Waals surface area (Å²) in [4.78, 5) is 12.6. The van der Waals surface area contributed by atoms with Gasteiger partial charge in [-0.3, -0.25) is 0 Å². The topological polar surface area (TPSA) is 66.8 Å². The second-order valence-electron chi connectivity index (χ2n) is 7.82. The number of esters is 1. The number of phenolic OH excluding ortho intramolecular Hbond substituents is 1. The molecule has 0 aromatic heterocycles. The number of rotatable bonds is 3. The number of hydrogen-bond donors (Lipinski definition) is 2. The van der Waals surface area contributed by atoms with Crippen LogP contribution < -0.4 is 0 Å². The first-order valence-electron chi connectivity index (χ1n) is 9.25. The first-order valence-corrected chi connectivity index (χ1v) is 9.25. The van der Waals surface area contributed by atoms with Crippen molar-refractivity contribution in [1.29, 1.82) is 0 Å². The Morgan fingerprint density at radius 2 is 1.92 bits per heavy atom. The Morgan fingerprint density at radius 3 is 2.54 bits per heavy atom. The van der Waals surface area contributed by atoms with Gasteiger partial charge in [0.05, 0.1) is 11.2 Å². The fourth-order valence-electron chi connectivity index (χ4n) is 3.25. The van der Waals surface area contributed by atoms with E-state index in [0.717, 1.165) is 12.0 Å². The average Bonchev–Trinajstić information content (AvgIpc) is 2.54. The van der Waals surface area contributed by atoms with E-state index < -0.39 is 11.6 Å². The molecule has 26 heavy (non-hydrogen) atoms. The summed E-state index contributed by atoms with van der Waals surface area (Å²) in [5, 5.41) is 19.9. The summed E-state index contributed by atoms with van der Waals surface area (Å²) < 4.78 is 5.87. The van der Waals surface area contributed by atoms with Gasteiger partial charge in [-0.1, -0.05) is 37.6 Å². The zero-order valence-corrected chi connectivity index (χ0v) is 16.1. The normalized spacial score (nSPS) is 30.3. The van der Waals surface area contributed by atoms with Crippen LogP contribution in [0.5, 0.6) is 5.75 Å². The number of allylic oxidation sites excluding steroid dienone is 1. The van der Waals surface area contributed by atoms with E-state index in [9.17, 15) is 15.0 Å². The smallest absolute Gasteiger partial charge is 0.338 e. The minimum absolute atomic E-state index is 0.00369. The monoisotopic (exact) mass is 358 g/mol. The summed E-state index contributed by atoms with van der Waals surface area (Å²) in [5.74, 6) is -0.0224. The van der Waals surface area contributed by atoms with Crippen molar-refractivity contribution >= 4 is 5.97 Å². The molecule has 1 aliphatic carbocycles. The molecule has 0 unspecified atom stereocenters. The molecule has 4 nitrogen and oxygen atoms in total. The summed E-state index contributed by atoms with van der Waals surface area (Å²) in [6.45, 7) is 8.04. The molecule has 1 aromatic rings. The van der Waals surface area contributed by atoms with Gasteiger partial charge in [0, 0.05) is 12.3 Å². The number of phenols is 1. The summed E-state index contributed by atoms with van der Waals surface area (Å²) in [6.07, 6.45) is 7.77. The van der Waals surface area contributed by atoms with Crippen molar-refractivity contribution in [3.63, 3.8) is 0 Å². The minimum atomic E-state index is -0.868. The summed E-state index contributed by atoms with van der Waals surface area (Å²) in [6, 6.07) is 6.08. The van der Waals surface area contributed by atoms with Gasteiger partial charge in [-0.2, -0.15) is 0 Å². The number of carbonyl (C=O) groups excluding carboxylic acids is 1. The fourth-order valence-corrected chi connectivity index (χ4v) is 3.25. The second-order valence-corrected chi connectivity index (χ2v) is 7.82. The molecule has 0 saturated heterocycles. The third-order valence-electron chi connectivity index (χ3n) is 4.90. The lowest BCUT2D eigenvalue weighted by molar-refractivity contribution is 0.0139. The number of hydrogen-bond acceptors (Lipinski definition) is 4. The van der Waals surface area contributed by atoms with E-state index in [1.54, 1.807) is 12.1 Å². The Kier molecular flexibility index (Phi) is 6.65. The minimum Gasteiger partial charge on any atom is -0.508 e. The molecule has 142 valence electrons. The lowest BCUT2D eigenvalue weighted by Gasteiger charge is -2.30. The third-order valence-corrected chi connectivity index (χ3v) is 4.90. The molecule has 1 aliphatic rings. The highest BCUT2D eigenvalue weighted by Gasteiger charge is 2.29. The molecule has 0 amide bonds. The fraction of sp³-hybridized carbons (Fsp3) is 0.500. The Bertz CT molecular complexity index is 668. The van der Waals surface area contributed by atoms with E-state index >= 15 is 0 Å². The predicted octanol–water partition coefficient (Wildman–Crippen LogP) is 4.63. The zero-order valence-electron chi connectivity index (χ0n) is 16.1. The van der Waals surface area contributed by atoms with E-state index in [-0.39, 0.29) is 23.7 Å². The average molecular weight is 358 g/mol. The van der Waals surface area contributed by atoms with E-state index in [0.29, 0.717) is 18.4 Å². The molecule has 2 rings (SSSR count). The van der Waals surface area contributed by atoms with Crippen LogP contribution in [0.25, 0.3) is 0 Å². The van der Waals surface area contributed by atoms with Crippen molar-refractivity contribution in [2.24, 2.45) is 11.8 Å². The standard InChI is InChI=1S/C22H30O4/c1-15(2)19-11-13-22(4,25)12-5-6-16(3)14-20(19)26-21(24)17-7-9-18(23)10-8-17/h6-11,13,15,19-20,23,25H,5,12,14H2,1-4H3/b13-11-,16-6-/t19-,20+,22+/m1/s1. The Hall–Kier alpha value is -2.07. The zero-order chi connectivity index (χ0) is 19.3. The molecule has 3 atom stereocenters. The lowest BCUT2D eigenvalue weighted by Crippen LogP contribution is -2.31. The summed E-state index contributed by atoms with van der Waals surface area (Å²) in [7, 11) is 0.